The van der Waals surface area contributed by atoms with E-state index in [-0.39, 0.29) is 17.8 Å². The van der Waals surface area contributed by atoms with E-state index in [0.717, 1.165) is 24.0 Å². The minimum absolute atomic E-state index is 0.0458. The highest BCUT2D eigenvalue weighted by Gasteiger charge is 2.28. The van der Waals surface area contributed by atoms with E-state index < -0.39 is 0 Å². The van der Waals surface area contributed by atoms with E-state index in [2.05, 4.69) is 0 Å². The fourth-order valence-electron chi connectivity index (χ4n) is 2.68. The molecular formula is C18H23NO3. The fourth-order valence-corrected chi connectivity index (χ4v) is 2.68. The quantitative estimate of drug-likeness (QED) is 0.634. The van der Waals surface area contributed by atoms with Crippen LogP contribution in [0.15, 0.2) is 30.3 Å². The van der Waals surface area contributed by atoms with Crippen LogP contribution in [0, 0.1) is 12.8 Å². The Kier molecular flexibility index (Phi) is 5.75. The van der Waals surface area contributed by atoms with Crippen molar-refractivity contribution in [2.45, 2.75) is 26.7 Å². The number of esters is 1. The molecule has 1 aliphatic heterocycles. The number of piperidine rings is 1. The number of nitrogens with zero attached hydrogens (tertiary/aromatic N) is 1. The largest absolute Gasteiger partial charge is 0.466 e. The van der Waals surface area contributed by atoms with Gasteiger partial charge in [0.25, 0.3) is 0 Å². The number of likely N-dealkylation sites (tertiary alicyclic amines) is 1. The molecule has 1 saturated heterocycles. The second-order valence-electron chi connectivity index (χ2n) is 5.62. The van der Waals surface area contributed by atoms with Crippen molar-refractivity contribution in [1.82, 2.24) is 4.90 Å². The Morgan fingerprint density at radius 1 is 1.41 bits per heavy atom. The zero-order valence-corrected chi connectivity index (χ0v) is 13.2. The molecular weight excluding hydrogens is 278 g/mol. The summed E-state index contributed by atoms with van der Waals surface area (Å²) in [5, 5.41) is 0. The van der Waals surface area contributed by atoms with Gasteiger partial charge in [-0.3, -0.25) is 9.59 Å². The second kappa shape index (κ2) is 7.78. The van der Waals surface area contributed by atoms with Gasteiger partial charge < -0.3 is 9.64 Å². The number of hydrogen-bond donors (Lipinski definition) is 0. The third kappa shape index (κ3) is 4.45. The predicted octanol–water partition coefficient (Wildman–Crippen LogP) is 2.81. The Morgan fingerprint density at radius 3 is 2.95 bits per heavy atom. The number of aryl methyl sites for hydroxylation is 1. The summed E-state index contributed by atoms with van der Waals surface area (Å²) in [6.07, 6.45) is 5.04. The first-order valence-corrected chi connectivity index (χ1v) is 7.80. The molecule has 1 heterocycles. The van der Waals surface area contributed by atoms with Gasteiger partial charge in [-0.05, 0) is 38.3 Å². The number of carbonyl (C=O) groups excluding carboxylic acids is 2. The summed E-state index contributed by atoms with van der Waals surface area (Å²) in [6, 6.07) is 7.99. The van der Waals surface area contributed by atoms with Crippen LogP contribution < -0.4 is 0 Å². The maximum atomic E-state index is 12.3. The van der Waals surface area contributed by atoms with Crippen LogP contribution in [-0.2, 0) is 14.3 Å². The third-order valence-corrected chi connectivity index (χ3v) is 3.81. The summed E-state index contributed by atoms with van der Waals surface area (Å²) in [4.78, 5) is 25.8. The molecule has 1 aliphatic rings. The fraction of sp³-hybridized carbons (Fsp3) is 0.444. The first-order chi connectivity index (χ1) is 10.6. The molecule has 1 amide bonds. The molecule has 1 atom stereocenters. The zero-order valence-electron chi connectivity index (χ0n) is 13.2. The van der Waals surface area contributed by atoms with Crippen LogP contribution in [0.25, 0.3) is 6.08 Å². The Hall–Kier alpha value is -2.10. The lowest BCUT2D eigenvalue weighted by atomic mass is 9.98. The van der Waals surface area contributed by atoms with Crippen LogP contribution in [0.5, 0.6) is 0 Å². The molecule has 4 nitrogen and oxygen atoms in total. The van der Waals surface area contributed by atoms with Crippen molar-refractivity contribution in [3.05, 3.63) is 41.5 Å². The van der Waals surface area contributed by atoms with Crippen molar-refractivity contribution in [2.75, 3.05) is 19.7 Å². The van der Waals surface area contributed by atoms with Gasteiger partial charge in [0.2, 0.25) is 5.91 Å². The molecule has 1 aromatic rings. The number of carbonyl (C=O) groups is 2. The van der Waals surface area contributed by atoms with Gasteiger partial charge in [-0.25, -0.2) is 0 Å². The van der Waals surface area contributed by atoms with E-state index in [9.17, 15) is 9.59 Å². The van der Waals surface area contributed by atoms with Crippen LogP contribution >= 0.6 is 0 Å². The van der Waals surface area contributed by atoms with Crippen LogP contribution in [0.1, 0.15) is 30.9 Å². The average molecular weight is 301 g/mol. The summed E-state index contributed by atoms with van der Waals surface area (Å²) in [7, 11) is 0. The maximum Gasteiger partial charge on any atom is 0.310 e. The van der Waals surface area contributed by atoms with Gasteiger partial charge >= 0.3 is 5.97 Å². The molecule has 118 valence electrons. The third-order valence-electron chi connectivity index (χ3n) is 3.81. The lowest BCUT2D eigenvalue weighted by molar-refractivity contribution is -0.150. The summed E-state index contributed by atoms with van der Waals surface area (Å²) >= 11 is 0. The number of hydrogen-bond acceptors (Lipinski definition) is 3. The SMILES string of the molecule is CCOC(=O)C1CCCN(C(=O)C=Cc2cccc(C)c2)C1. The van der Waals surface area contributed by atoms with Gasteiger partial charge in [0, 0.05) is 19.2 Å². The number of benzene rings is 1. The van der Waals surface area contributed by atoms with E-state index in [1.807, 2.05) is 37.3 Å². The lowest BCUT2D eigenvalue weighted by Gasteiger charge is -2.30. The molecule has 1 fully saturated rings. The molecule has 0 bridgehead atoms. The smallest absolute Gasteiger partial charge is 0.310 e. The Labute approximate surface area is 131 Å². The molecule has 22 heavy (non-hydrogen) atoms. The minimum atomic E-state index is -0.192. The summed E-state index contributed by atoms with van der Waals surface area (Å²) in [5.41, 5.74) is 2.17. The van der Waals surface area contributed by atoms with Crippen molar-refractivity contribution in [1.29, 1.82) is 0 Å². The Morgan fingerprint density at radius 2 is 2.23 bits per heavy atom. The average Bonchev–Trinajstić information content (AvgIpc) is 2.53. The number of rotatable bonds is 4. The molecule has 1 unspecified atom stereocenters. The molecule has 0 saturated carbocycles. The normalized spacial score (nSPS) is 18.5. The van der Waals surface area contributed by atoms with E-state index in [1.54, 1.807) is 17.9 Å². The van der Waals surface area contributed by atoms with Crippen LogP contribution in [-0.4, -0.2) is 36.5 Å². The molecule has 4 heteroatoms. The summed E-state index contributed by atoms with van der Waals surface area (Å²) in [5.74, 6) is -0.428. The van der Waals surface area contributed by atoms with E-state index >= 15 is 0 Å². The van der Waals surface area contributed by atoms with Gasteiger partial charge in [0.05, 0.1) is 12.5 Å². The predicted molar refractivity (Wildman–Crippen MR) is 86.2 cm³/mol. The first-order valence-electron chi connectivity index (χ1n) is 7.80. The van der Waals surface area contributed by atoms with Crippen molar-refractivity contribution >= 4 is 18.0 Å². The van der Waals surface area contributed by atoms with Crippen LogP contribution in [0.4, 0.5) is 0 Å². The summed E-state index contributed by atoms with van der Waals surface area (Å²) < 4.78 is 5.06. The zero-order chi connectivity index (χ0) is 15.9. The summed E-state index contributed by atoms with van der Waals surface area (Å²) in [6.45, 7) is 5.36. The lowest BCUT2D eigenvalue weighted by Crippen LogP contribution is -2.42. The maximum absolute atomic E-state index is 12.3. The Balaban J connectivity index is 1.95. The van der Waals surface area contributed by atoms with Crippen LogP contribution in [0.3, 0.4) is 0 Å². The highest BCUT2D eigenvalue weighted by atomic mass is 16.5. The molecule has 1 aromatic carbocycles. The topological polar surface area (TPSA) is 46.6 Å². The molecule has 0 aliphatic carbocycles. The standard InChI is InChI=1S/C18H23NO3/c1-3-22-18(21)16-8-5-11-19(13-16)17(20)10-9-15-7-4-6-14(2)12-15/h4,6-7,9-10,12,16H,3,5,8,11,13H2,1-2H3. The number of ether oxygens (including phenoxy) is 1. The molecule has 0 radical (unpaired) electrons. The monoisotopic (exact) mass is 301 g/mol. The highest BCUT2D eigenvalue weighted by Crippen LogP contribution is 2.18. The molecule has 2 rings (SSSR count). The minimum Gasteiger partial charge on any atom is -0.466 e. The van der Waals surface area contributed by atoms with Crippen molar-refractivity contribution < 1.29 is 14.3 Å². The van der Waals surface area contributed by atoms with E-state index in [4.69, 9.17) is 4.74 Å². The Bertz CT molecular complexity index is 565. The molecule has 0 aromatic heterocycles. The van der Waals surface area contributed by atoms with Crippen molar-refractivity contribution in [3.8, 4) is 0 Å². The van der Waals surface area contributed by atoms with Gasteiger partial charge in [0.1, 0.15) is 0 Å². The van der Waals surface area contributed by atoms with E-state index in [0.29, 0.717) is 19.7 Å². The van der Waals surface area contributed by atoms with Gasteiger partial charge in [-0.1, -0.05) is 29.8 Å². The highest BCUT2D eigenvalue weighted by molar-refractivity contribution is 5.92. The van der Waals surface area contributed by atoms with Crippen molar-refractivity contribution in [3.63, 3.8) is 0 Å². The van der Waals surface area contributed by atoms with Crippen LogP contribution in [0.2, 0.25) is 0 Å². The van der Waals surface area contributed by atoms with Crippen molar-refractivity contribution in [2.24, 2.45) is 5.92 Å². The van der Waals surface area contributed by atoms with Gasteiger partial charge in [-0.15, -0.1) is 0 Å². The molecule has 0 spiro atoms. The first kappa shape index (κ1) is 16.3. The second-order valence-corrected chi connectivity index (χ2v) is 5.62. The van der Waals surface area contributed by atoms with E-state index in [1.165, 1.54) is 0 Å². The van der Waals surface area contributed by atoms with Gasteiger partial charge in [0.15, 0.2) is 0 Å². The van der Waals surface area contributed by atoms with Gasteiger partial charge in [-0.2, -0.15) is 0 Å². The molecule has 0 N–H and O–H groups in total. The number of amides is 1.